The third-order valence-electron chi connectivity index (χ3n) is 3.05. The fourth-order valence-corrected chi connectivity index (χ4v) is 2.03. The van der Waals surface area contributed by atoms with E-state index in [-0.39, 0.29) is 0 Å². The smallest absolute Gasteiger partial charge is 0.138 e. The molecule has 3 rings (SSSR count). The maximum Gasteiger partial charge on any atom is 0.138 e. The van der Waals surface area contributed by atoms with E-state index in [1.165, 1.54) is 0 Å². The first kappa shape index (κ1) is 12.3. The number of pyridine rings is 1. The lowest BCUT2D eigenvalue weighted by Crippen LogP contribution is -1.92. The molecule has 20 heavy (non-hydrogen) atoms. The summed E-state index contributed by atoms with van der Waals surface area (Å²) < 4.78 is 11.0. The third kappa shape index (κ3) is 2.23. The van der Waals surface area contributed by atoms with Crippen LogP contribution in [0.15, 0.2) is 54.7 Å². The number of anilines is 1. The summed E-state index contributed by atoms with van der Waals surface area (Å²) in [5.74, 6) is 2.26. The molecule has 0 unspecified atom stereocenters. The number of hydrogen-bond donors (Lipinski definition) is 1. The van der Waals surface area contributed by atoms with Crippen molar-refractivity contribution in [1.29, 1.82) is 0 Å². The first-order chi connectivity index (χ1) is 9.78. The topological polar surface area (TPSA) is 57.4 Å². The summed E-state index contributed by atoms with van der Waals surface area (Å²) in [5.41, 5.74) is 7.31. The van der Waals surface area contributed by atoms with E-state index in [0.717, 1.165) is 28.2 Å². The quantitative estimate of drug-likeness (QED) is 0.736. The zero-order valence-corrected chi connectivity index (χ0v) is 11.0. The van der Waals surface area contributed by atoms with Gasteiger partial charge in [-0.2, -0.15) is 0 Å². The number of nitrogen functional groups attached to an aromatic ring is 1. The standard InChI is InChI=1S/C16H14N2O2/c1-19-11-5-7-12(8-6-11)20-15-9-10-18-16-13(15)3-2-4-14(16)17/h2-10H,17H2,1H3. The average Bonchev–Trinajstić information content (AvgIpc) is 2.49. The monoisotopic (exact) mass is 266 g/mol. The lowest BCUT2D eigenvalue weighted by Gasteiger charge is -2.10. The van der Waals surface area contributed by atoms with Crippen molar-refractivity contribution in [1.82, 2.24) is 4.98 Å². The van der Waals surface area contributed by atoms with Crippen molar-refractivity contribution >= 4 is 16.6 Å². The van der Waals surface area contributed by atoms with Crippen LogP contribution in [-0.4, -0.2) is 12.1 Å². The van der Waals surface area contributed by atoms with E-state index < -0.39 is 0 Å². The van der Waals surface area contributed by atoms with Crippen LogP contribution >= 0.6 is 0 Å². The molecule has 1 heterocycles. The van der Waals surface area contributed by atoms with Crippen LogP contribution in [-0.2, 0) is 0 Å². The van der Waals surface area contributed by atoms with Gasteiger partial charge >= 0.3 is 0 Å². The van der Waals surface area contributed by atoms with Crippen molar-refractivity contribution in [2.24, 2.45) is 0 Å². The van der Waals surface area contributed by atoms with E-state index in [0.29, 0.717) is 5.69 Å². The van der Waals surface area contributed by atoms with Gasteiger partial charge in [0.25, 0.3) is 0 Å². The molecule has 0 atom stereocenters. The van der Waals surface area contributed by atoms with Crippen LogP contribution in [0.3, 0.4) is 0 Å². The van der Waals surface area contributed by atoms with Gasteiger partial charge in [0.1, 0.15) is 17.2 Å². The Morgan fingerprint density at radius 2 is 1.70 bits per heavy atom. The summed E-state index contributed by atoms with van der Waals surface area (Å²) in [6, 6.07) is 14.9. The summed E-state index contributed by atoms with van der Waals surface area (Å²) in [6.45, 7) is 0. The van der Waals surface area contributed by atoms with Gasteiger partial charge in [0.05, 0.1) is 18.3 Å². The maximum absolute atomic E-state index is 5.92. The number of methoxy groups -OCH3 is 1. The second-order valence-electron chi connectivity index (χ2n) is 4.33. The molecular weight excluding hydrogens is 252 g/mol. The van der Waals surface area contributed by atoms with Crippen molar-refractivity contribution in [2.75, 3.05) is 12.8 Å². The Bertz CT molecular complexity index is 739. The molecule has 4 nitrogen and oxygen atoms in total. The number of para-hydroxylation sites is 1. The van der Waals surface area contributed by atoms with Crippen LogP contribution in [0.5, 0.6) is 17.2 Å². The van der Waals surface area contributed by atoms with Gasteiger partial charge in [-0.05, 0) is 42.5 Å². The van der Waals surface area contributed by atoms with Gasteiger partial charge in [-0.15, -0.1) is 0 Å². The molecule has 0 bridgehead atoms. The highest BCUT2D eigenvalue weighted by Gasteiger charge is 2.06. The largest absolute Gasteiger partial charge is 0.497 e. The Balaban J connectivity index is 1.99. The average molecular weight is 266 g/mol. The van der Waals surface area contributed by atoms with Gasteiger partial charge in [0, 0.05) is 11.6 Å². The molecular formula is C16H14N2O2. The Kier molecular flexibility index (Phi) is 3.13. The number of ether oxygens (including phenoxy) is 2. The lowest BCUT2D eigenvalue weighted by molar-refractivity contribution is 0.413. The van der Waals surface area contributed by atoms with Crippen LogP contribution in [0.25, 0.3) is 10.9 Å². The highest BCUT2D eigenvalue weighted by atomic mass is 16.5. The van der Waals surface area contributed by atoms with E-state index in [1.807, 2.05) is 48.5 Å². The predicted octanol–water partition coefficient (Wildman–Crippen LogP) is 3.62. The van der Waals surface area contributed by atoms with Gasteiger partial charge in [0.2, 0.25) is 0 Å². The molecule has 0 aliphatic rings. The van der Waals surface area contributed by atoms with Gasteiger partial charge in [-0.1, -0.05) is 6.07 Å². The summed E-state index contributed by atoms with van der Waals surface area (Å²) in [5, 5.41) is 0.892. The Labute approximate surface area is 116 Å². The van der Waals surface area contributed by atoms with Crippen molar-refractivity contribution in [3.8, 4) is 17.2 Å². The SMILES string of the molecule is COc1ccc(Oc2ccnc3c(N)cccc23)cc1. The van der Waals surface area contributed by atoms with Crippen molar-refractivity contribution < 1.29 is 9.47 Å². The molecule has 0 fully saturated rings. The molecule has 0 saturated heterocycles. The molecule has 4 heteroatoms. The Morgan fingerprint density at radius 1 is 0.950 bits per heavy atom. The van der Waals surface area contributed by atoms with E-state index >= 15 is 0 Å². The van der Waals surface area contributed by atoms with Crippen LogP contribution in [0, 0.1) is 0 Å². The molecule has 2 N–H and O–H groups in total. The fourth-order valence-electron chi connectivity index (χ4n) is 2.03. The zero-order valence-electron chi connectivity index (χ0n) is 11.0. The van der Waals surface area contributed by atoms with Gasteiger partial charge in [0.15, 0.2) is 0 Å². The number of benzene rings is 2. The molecule has 0 aliphatic carbocycles. The van der Waals surface area contributed by atoms with Gasteiger partial charge in [-0.3, -0.25) is 4.98 Å². The molecule has 2 aromatic carbocycles. The zero-order chi connectivity index (χ0) is 13.9. The van der Waals surface area contributed by atoms with E-state index in [2.05, 4.69) is 4.98 Å². The number of hydrogen-bond acceptors (Lipinski definition) is 4. The molecule has 0 radical (unpaired) electrons. The van der Waals surface area contributed by atoms with Crippen LogP contribution < -0.4 is 15.2 Å². The second-order valence-corrected chi connectivity index (χ2v) is 4.33. The highest BCUT2D eigenvalue weighted by molar-refractivity contribution is 5.93. The molecule has 1 aromatic heterocycles. The van der Waals surface area contributed by atoms with Crippen molar-refractivity contribution in [3.63, 3.8) is 0 Å². The molecule has 0 aliphatic heterocycles. The molecule has 3 aromatic rings. The normalized spacial score (nSPS) is 10.4. The van der Waals surface area contributed by atoms with Crippen LogP contribution in [0.4, 0.5) is 5.69 Å². The summed E-state index contributed by atoms with van der Waals surface area (Å²) in [4.78, 5) is 4.29. The summed E-state index contributed by atoms with van der Waals surface area (Å²) in [6.07, 6.45) is 1.69. The molecule has 0 amide bonds. The highest BCUT2D eigenvalue weighted by Crippen LogP contribution is 2.31. The van der Waals surface area contributed by atoms with Crippen LogP contribution in [0.2, 0.25) is 0 Å². The first-order valence-corrected chi connectivity index (χ1v) is 6.23. The van der Waals surface area contributed by atoms with Crippen LogP contribution in [0.1, 0.15) is 0 Å². The Hall–Kier alpha value is -2.75. The minimum absolute atomic E-state index is 0.641. The lowest BCUT2D eigenvalue weighted by atomic mass is 10.2. The van der Waals surface area contributed by atoms with Crippen molar-refractivity contribution in [2.45, 2.75) is 0 Å². The number of fused-ring (bicyclic) bond motifs is 1. The molecule has 0 saturated carbocycles. The summed E-state index contributed by atoms with van der Waals surface area (Å²) in [7, 11) is 1.63. The van der Waals surface area contributed by atoms with Crippen molar-refractivity contribution in [3.05, 3.63) is 54.7 Å². The Morgan fingerprint density at radius 3 is 2.45 bits per heavy atom. The summed E-state index contributed by atoms with van der Waals surface area (Å²) >= 11 is 0. The van der Waals surface area contributed by atoms with E-state index in [1.54, 1.807) is 13.3 Å². The van der Waals surface area contributed by atoms with E-state index in [4.69, 9.17) is 15.2 Å². The van der Waals surface area contributed by atoms with Gasteiger partial charge in [-0.25, -0.2) is 0 Å². The first-order valence-electron chi connectivity index (χ1n) is 6.23. The number of nitrogens with two attached hydrogens (primary N) is 1. The second kappa shape index (κ2) is 5.09. The minimum atomic E-state index is 0.641. The van der Waals surface area contributed by atoms with Gasteiger partial charge < -0.3 is 15.2 Å². The number of nitrogens with zero attached hydrogens (tertiary/aromatic N) is 1. The molecule has 100 valence electrons. The number of aromatic nitrogens is 1. The number of rotatable bonds is 3. The fraction of sp³-hybridized carbons (Fsp3) is 0.0625. The molecule has 0 spiro atoms. The minimum Gasteiger partial charge on any atom is -0.497 e. The third-order valence-corrected chi connectivity index (χ3v) is 3.05. The van der Waals surface area contributed by atoms with E-state index in [9.17, 15) is 0 Å². The predicted molar refractivity (Wildman–Crippen MR) is 79.2 cm³/mol. The maximum atomic E-state index is 5.92.